The van der Waals surface area contributed by atoms with E-state index in [1.807, 2.05) is 0 Å². The van der Waals surface area contributed by atoms with Crippen LogP contribution in [-0.4, -0.2) is 62.6 Å². The minimum atomic E-state index is -4.79. The van der Waals surface area contributed by atoms with Crippen molar-refractivity contribution in [2.24, 2.45) is 5.14 Å². The van der Waals surface area contributed by atoms with E-state index in [0.29, 0.717) is 11.6 Å². The summed E-state index contributed by atoms with van der Waals surface area (Å²) < 4.78 is 77.6. The summed E-state index contributed by atoms with van der Waals surface area (Å²) in [5.74, 6) is -2.30. The molecule has 0 bridgehead atoms. The second-order valence-electron chi connectivity index (χ2n) is 8.20. The van der Waals surface area contributed by atoms with Gasteiger partial charge in [0.2, 0.25) is 15.9 Å². The molecule has 8 nitrogen and oxygen atoms in total. The van der Waals surface area contributed by atoms with E-state index >= 15 is 0 Å². The molecule has 0 saturated carbocycles. The largest absolute Gasteiger partial charge is 0.573 e. The van der Waals surface area contributed by atoms with Crippen LogP contribution in [0.2, 0.25) is 0 Å². The highest BCUT2D eigenvalue weighted by Gasteiger charge is 2.34. The van der Waals surface area contributed by atoms with Crippen LogP contribution in [0.15, 0.2) is 64.6 Å². The summed E-state index contributed by atoms with van der Waals surface area (Å²) in [4.78, 5) is 27.8. The Balaban J connectivity index is 1.33. The van der Waals surface area contributed by atoms with Crippen molar-refractivity contribution in [2.75, 3.05) is 26.2 Å². The van der Waals surface area contributed by atoms with Gasteiger partial charge in [-0.2, -0.15) is 0 Å². The third-order valence-electron chi connectivity index (χ3n) is 5.66. The van der Waals surface area contributed by atoms with Crippen LogP contribution in [0.1, 0.15) is 15.9 Å². The van der Waals surface area contributed by atoms with Crippen molar-refractivity contribution >= 4 is 27.9 Å². The lowest BCUT2D eigenvalue weighted by molar-refractivity contribution is -0.274. The molecule has 2 aliphatic heterocycles. The highest BCUT2D eigenvalue weighted by molar-refractivity contribution is 7.89. The summed E-state index contributed by atoms with van der Waals surface area (Å²) in [6.45, 7) is 0.929. The lowest BCUT2D eigenvalue weighted by Crippen LogP contribution is -2.36. The van der Waals surface area contributed by atoms with Crippen LogP contribution in [0, 0.1) is 5.82 Å². The minimum absolute atomic E-state index is 0.193. The number of rotatable bonds is 5. The maximum atomic E-state index is 14.4. The first-order valence-corrected chi connectivity index (χ1v) is 12.0. The predicted molar refractivity (Wildman–Crippen MR) is 119 cm³/mol. The van der Waals surface area contributed by atoms with Gasteiger partial charge in [0.25, 0.3) is 5.91 Å². The van der Waals surface area contributed by atoms with Gasteiger partial charge in [0, 0.05) is 32.3 Å². The summed E-state index contributed by atoms with van der Waals surface area (Å²) in [5.41, 5.74) is 1.91. The van der Waals surface area contributed by atoms with Crippen molar-refractivity contribution in [2.45, 2.75) is 11.3 Å². The molecule has 2 aromatic rings. The van der Waals surface area contributed by atoms with Gasteiger partial charge in [-0.3, -0.25) is 9.59 Å². The first-order valence-electron chi connectivity index (χ1n) is 10.4. The summed E-state index contributed by atoms with van der Waals surface area (Å²) in [5, 5.41) is 4.98. The molecule has 0 radical (unpaired) electrons. The molecular weight excluding hydrogens is 506 g/mol. The number of primary sulfonamides is 1. The van der Waals surface area contributed by atoms with Gasteiger partial charge < -0.3 is 14.5 Å². The molecule has 36 heavy (non-hydrogen) atoms. The van der Waals surface area contributed by atoms with Crippen LogP contribution in [0.25, 0.3) is 6.08 Å². The van der Waals surface area contributed by atoms with E-state index in [9.17, 15) is 35.6 Å². The fourth-order valence-electron chi connectivity index (χ4n) is 3.95. The Morgan fingerprint density at radius 3 is 2.06 bits per heavy atom. The zero-order valence-electron chi connectivity index (χ0n) is 18.5. The molecule has 0 fully saturated rings. The van der Waals surface area contributed by atoms with Gasteiger partial charge in [0.15, 0.2) is 0 Å². The lowest BCUT2D eigenvalue weighted by atomic mass is 10.2. The normalized spacial score (nSPS) is 16.1. The number of amides is 2. The minimum Gasteiger partial charge on any atom is -0.406 e. The lowest BCUT2D eigenvalue weighted by Gasteiger charge is -2.22. The fraction of sp³-hybridized carbons (Fsp3) is 0.217. The van der Waals surface area contributed by atoms with Gasteiger partial charge in [0.05, 0.1) is 10.5 Å². The summed E-state index contributed by atoms with van der Waals surface area (Å²) in [6.07, 6.45) is -2.02. The number of sulfonamides is 1. The van der Waals surface area contributed by atoms with E-state index in [-0.39, 0.29) is 43.4 Å². The molecule has 0 aromatic heterocycles. The average molecular weight is 525 g/mol. The van der Waals surface area contributed by atoms with Gasteiger partial charge in [-0.25, -0.2) is 17.9 Å². The highest BCUT2D eigenvalue weighted by atomic mass is 32.2. The Bertz CT molecular complexity index is 1370. The van der Waals surface area contributed by atoms with Gasteiger partial charge >= 0.3 is 6.36 Å². The number of halogens is 4. The van der Waals surface area contributed by atoms with Crippen molar-refractivity contribution in [1.29, 1.82) is 0 Å². The van der Waals surface area contributed by atoms with Gasteiger partial charge in [0.1, 0.15) is 11.6 Å². The van der Waals surface area contributed by atoms with Crippen molar-refractivity contribution in [3.05, 3.63) is 76.6 Å². The van der Waals surface area contributed by atoms with Crippen LogP contribution < -0.4 is 9.88 Å². The number of hydrogen-bond donors (Lipinski definition) is 1. The number of nitrogens with zero attached hydrogens (tertiary/aromatic N) is 2. The molecule has 2 amide bonds. The van der Waals surface area contributed by atoms with Crippen LogP contribution >= 0.6 is 0 Å². The maximum Gasteiger partial charge on any atom is 0.573 e. The number of carbonyl (C=O) groups excluding carboxylic acids is 2. The second-order valence-corrected chi connectivity index (χ2v) is 9.76. The SMILES string of the molecule is NS(=O)(=O)c1ccc(C(=O)N2CC3=C(CN(C(=O)/C=C/c4ccc(OC(F)(F)F)cc4)C3)C2)c(F)c1. The van der Waals surface area contributed by atoms with Crippen LogP contribution in [0.5, 0.6) is 5.75 Å². The van der Waals surface area contributed by atoms with Crippen molar-refractivity contribution in [1.82, 2.24) is 9.80 Å². The monoisotopic (exact) mass is 525 g/mol. The number of ether oxygens (including phenoxy) is 1. The van der Waals surface area contributed by atoms with Crippen molar-refractivity contribution in [3.8, 4) is 5.75 Å². The second kappa shape index (κ2) is 9.39. The Kier molecular flexibility index (Phi) is 6.62. The van der Waals surface area contributed by atoms with Gasteiger partial charge in [-0.1, -0.05) is 12.1 Å². The summed E-state index contributed by atoms with van der Waals surface area (Å²) in [6, 6.07) is 7.87. The molecule has 2 heterocycles. The smallest absolute Gasteiger partial charge is 0.406 e. The quantitative estimate of drug-likeness (QED) is 0.367. The average Bonchev–Trinajstić information content (AvgIpc) is 3.36. The Morgan fingerprint density at radius 2 is 1.53 bits per heavy atom. The number of carbonyl (C=O) groups is 2. The molecule has 0 saturated heterocycles. The molecule has 13 heteroatoms. The van der Waals surface area contributed by atoms with E-state index in [2.05, 4.69) is 4.74 Å². The van der Waals surface area contributed by atoms with Crippen molar-refractivity contribution < 1.29 is 40.3 Å². The fourth-order valence-corrected chi connectivity index (χ4v) is 4.48. The first kappa shape index (κ1) is 25.4. The highest BCUT2D eigenvalue weighted by Crippen LogP contribution is 2.28. The molecule has 2 aliphatic rings. The molecule has 0 spiro atoms. The van der Waals surface area contributed by atoms with E-state index in [4.69, 9.17) is 5.14 Å². The predicted octanol–water partition coefficient (Wildman–Crippen LogP) is 2.68. The number of nitrogens with two attached hydrogens (primary N) is 1. The number of hydrogen-bond acceptors (Lipinski definition) is 5. The van der Waals surface area contributed by atoms with Gasteiger partial charge in [-0.15, -0.1) is 13.2 Å². The first-order chi connectivity index (χ1) is 16.8. The zero-order valence-corrected chi connectivity index (χ0v) is 19.3. The Labute approximate surface area is 203 Å². The topological polar surface area (TPSA) is 110 Å². The van der Waals surface area contributed by atoms with Crippen molar-refractivity contribution in [3.63, 3.8) is 0 Å². The Morgan fingerprint density at radius 1 is 0.944 bits per heavy atom. The summed E-state index contributed by atoms with van der Waals surface area (Å²) >= 11 is 0. The van der Waals surface area contributed by atoms with E-state index in [0.717, 1.165) is 35.4 Å². The standard InChI is InChI=1S/C23H19F4N3O5S/c24-20-9-18(36(28,33)34)6-7-19(20)22(32)30-12-15-10-29(11-16(15)13-30)21(31)8-3-14-1-4-17(5-2-14)35-23(25,26)27/h1-9H,10-13H2,(H2,28,33,34)/b8-3+. The van der Waals surface area contributed by atoms with Gasteiger partial charge in [-0.05, 0) is 53.1 Å². The molecule has 0 aliphatic carbocycles. The molecule has 4 rings (SSSR count). The summed E-state index contributed by atoms with van der Waals surface area (Å²) in [7, 11) is -4.11. The van der Waals surface area contributed by atoms with E-state index in [1.54, 1.807) is 4.90 Å². The molecule has 190 valence electrons. The molecule has 0 unspecified atom stereocenters. The molecule has 2 aromatic carbocycles. The zero-order chi connectivity index (χ0) is 26.3. The molecule has 0 atom stereocenters. The molecule has 2 N–H and O–H groups in total. The number of benzene rings is 2. The molecular formula is C23H19F4N3O5S. The van der Waals surface area contributed by atoms with Crippen LogP contribution in [-0.2, 0) is 14.8 Å². The number of alkyl halides is 3. The van der Waals surface area contributed by atoms with E-state index in [1.165, 1.54) is 29.2 Å². The van der Waals surface area contributed by atoms with Crippen LogP contribution in [0.4, 0.5) is 17.6 Å². The van der Waals surface area contributed by atoms with E-state index < -0.39 is 33.0 Å². The third kappa shape index (κ3) is 5.74. The Hall–Kier alpha value is -3.71. The van der Waals surface area contributed by atoms with Crippen LogP contribution in [0.3, 0.4) is 0 Å². The third-order valence-corrected chi connectivity index (χ3v) is 6.57. The maximum absolute atomic E-state index is 14.4.